The van der Waals surface area contributed by atoms with Gasteiger partial charge in [-0.05, 0) is 30.7 Å². The van der Waals surface area contributed by atoms with E-state index >= 15 is 0 Å². The summed E-state index contributed by atoms with van der Waals surface area (Å²) in [5.74, 6) is 0.750. The maximum Gasteiger partial charge on any atom is 0.375 e. The number of aryl methyl sites for hydroxylation is 1. The van der Waals surface area contributed by atoms with Crippen LogP contribution in [0.4, 0.5) is 0 Å². The van der Waals surface area contributed by atoms with Crippen LogP contribution in [0, 0.1) is 6.92 Å². The maximum absolute atomic E-state index is 12.5. The van der Waals surface area contributed by atoms with Gasteiger partial charge in [-0.15, -0.1) is 0 Å². The zero-order valence-corrected chi connectivity index (χ0v) is 14.7. The number of carbonyl (C=O) groups excluding carboxylic acids is 1. The topological polar surface area (TPSA) is 65.5 Å². The van der Waals surface area contributed by atoms with E-state index in [-0.39, 0.29) is 12.4 Å². The number of benzene rings is 2. The lowest BCUT2D eigenvalue weighted by atomic mass is 10.1. The Kier molecular flexibility index (Phi) is 4.58. The Morgan fingerprint density at radius 2 is 1.63 bits per heavy atom. The van der Waals surface area contributed by atoms with E-state index in [9.17, 15) is 4.79 Å². The Morgan fingerprint density at radius 3 is 2.33 bits per heavy atom. The van der Waals surface area contributed by atoms with Gasteiger partial charge in [-0.3, -0.25) is 0 Å². The Morgan fingerprint density at radius 1 is 0.963 bits per heavy atom. The molecule has 5 heteroatoms. The highest BCUT2D eigenvalue weighted by Crippen LogP contribution is 2.26. The number of oxazole rings is 1. The highest BCUT2D eigenvalue weighted by molar-refractivity contribution is 5.94. The third-order valence-corrected chi connectivity index (χ3v) is 4.19. The van der Waals surface area contributed by atoms with E-state index < -0.39 is 5.97 Å². The van der Waals surface area contributed by atoms with Gasteiger partial charge in [0, 0.05) is 11.1 Å². The van der Waals surface area contributed by atoms with Crippen LogP contribution in [0.5, 0.6) is 0 Å². The summed E-state index contributed by atoms with van der Waals surface area (Å²) in [7, 11) is 0. The standard InChI is InChI=1S/C22H17NO4/c1-15-19(23-21(27-15)17-10-6-3-7-11-17)14-26-22(24)20-18(12-13-25-20)16-8-4-2-5-9-16/h2-13H,14H2,1H3. The van der Waals surface area contributed by atoms with Gasteiger partial charge in [0.05, 0.1) is 6.26 Å². The van der Waals surface area contributed by atoms with Gasteiger partial charge in [-0.1, -0.05) is 48.5 Å². The van der Waals surface area contributed by atoms with E-state index in [0.717, 1.165) is 11.1 Å². The highest BCUT2D eigenvalue weighted by atomic mass is 16.5. The summed E-state index contributed by atoms with van der Waals surface area (Å²) in [5.41, 5.74) is 3.04. The molecule has 0 atom stereocenters. The summed E-state index contributed by atoms with van der Waals surface area (Å²) < 4.78 is 16.5. The molecule has 0 saturated carbocycles. The number of carbonyl (C=O) groups is 1. The van der Waals surface area contributed by atoms with Gasteiger partial charge in [0.25, 0.3) is 0 Å². The number of nitrogens with zero attached hydrogens (tertiary/aromatic N) is 1. The van der Waals surface area contributed by atoms with Crippen molar-refractivity contribution < 1.29 is 18.4 Å². The summed E-state index contributed by atoms with van der Waals surface area (Å²) in [6.45, 7) is 1.81. The second kappa shape index (κ2) is 7.33. The van der Waals surface area contributed by atoms with Crippen LogP contribution in [0.25, 0.3) is 22.6 Å². The Bertz CT molecular complexity index is 1050. The molecule has 0 N–H and O–H groups in total. The first-order valence-electron chi connectivity index (χ1n) is 8.54. The molecule has 2 aromatic carbocycles. The van der Waals surface area contributed by atoms with Crippen LogP contribution in [-0.4, -0.2) is 11.0 Å². The van der Waals surface area contributed by atoms with Crippen LogP contribution in [0.3, 0.4) is 0 Å². The SMILES string of the molecule is Cc1oc(-c2ccccc2)nc1COC(=O)c1occc1-c1ccccc1. The van der Waals surface area contributed by atoms with E-state index in [1.807, 2.05) is 60.7 Å². The predicted molar refractivity (Wildman–Crippen MR) is 99.9 cm³/mol. The average molecular weight is 359 g/mol. The summed E-state index contributed by atoms with van der Waals surface area (Å²) in [5, 5.41) is 0. The number of rotatable bonds is 5. The predicted octanol–water partition coefficient (Wildman–Crippen LogP) is 5.27. The van der Waals surface area contributed by atoms with Crippen molar-refractivity contribution in [2.75, 3.05) is 0 Å². The van der Waals surface area contributed by atoms with Gasteiger partial charge in [0.15, 0.2) is 0 Å². The number of esters is 1. The molecule has 4 aromatic rings. The van der Waals surface area contributed by atoms with Gasteiger partial charge >= 0.3 is 5.97 Å². The van der Waals surface area contributed by atoms with Crippen LogP contribution in [0.1, 0.15) is 22.0 Å². The molecule has 134 valence electrons. The molecule has 0 fully saturated rings. The molecule has 0 bridgehead atoms. The van der Waals surface area contributed by atoms with Crippen molar-refractivity contribution >= 4 is 5.97 Å². The van der Waals surface area contributed by atoms with Crippen molar-refractivity contribution in [3.63, 3.8) is 0 Å². The number of aromatic nitrogens is 1. The van der Waals surface area contributed by atoms with Gasteiger partial charge in [-0.25, -0.2) is 9.78 Å². The smallest absolute Gasteiger partial charge is 0.375 e. The fraction of sp³-hybridized carbons (Fsp3) is 0.0909. The van der Waals surface area contributed by atoms with E-state index in [1.54, 1.807) is 13.0 Å². The number of hydrogen-bond donors (Lipinski definition) is 0. The molecule has 2 aromatic heterocycles. The minimum absolute atomic E-state index is 0.00985. The summed E-state index contributed by atoms with van der Waals surface area (Å²) in [6, 6.07) is 20.9. The molecule has 0 aliphatic rings. The summed E-state index contributed by atoms with van der Waals surface area (Å²) in [6.07, 6.45) is 1.48. The fourth-order valence-corrected chi connectivity index (χ4v) is 2.78. The molecule has 0 radical (unpaired) electrons. The monoisotopic (exact) mass is 359 g/mol. The van der Waals surface area contributed by atoms with Gasteiger partial charge in [-0.2, -0.15) is 0 Å². The Balaban J connectivity index is 1.50. The van der Waals surface area contributed by atoms with E-state index in [1.165, 1.54) is 6.26 Å². The lowest BCUT2D eigenvalue weighted by Gasteiger charge is -2.04. The lowest BCUT2D eigenvalue weighted by Crippen LogP contribution is -2.06. The van der Waals surface area contributed by atoms with Crippen molar-refractivity contribution in [3.8, 4) is 22.6 Å². The van der Waals surface area contributed by atoms with Crippen LogP contribution in [0.15, 0.2) is 81.8 Å². The lowest BCUT2D eigenvalue weighted by molar-refractivity contribution is 0.0431. The summed E-state index contributed by atoms with van der Waals surface area (Å²) >= 11 is 0. The van der Waals surface area contributed by atoms with E-state index in [0.29, 0.717) is 22.9 Å². The second-order valence-corrected chi connectivity index (χ2v) is 5.99. The van der Waals surface area contributed by atoms with Crippen LogP contribution in [0.2, 0.25) is 0 Å². The third kappa shape index (κ3) is 3.53. The van der Waals surface area contributed by atoms with Crippen molar-refractivity contribution in [3.05, 3.63) is 90.2 Å². The first-order valence-corrected chi connectivity index (χ1v) is 8.54. The first-order chi connectivity index (χ1) is 13.2. The zero-order valence-electron chi connectivity index (χ0n) is 14.7. The fourth-order valence-electron chi connectivity index (χ4n) is 2.78. The molecule has 0 aliphatic heterocycles. The van der Waals surface area contributed by atoms with Gasteiger partial charge < -0.3 is 13.6 Å². The quantitative estimate of drug-likeness (QED) is 0.454. The molecule has 5 nitrogen and oxygen atoms in total. The molecule has 27 heavy (non-hydrogen) atoms. The Labute approximate surface area is 156 Å². The van der Waals surface area contributed by atoms with Crippen molar-refractivity contribution in [1.29, 1.82) is 0 Å². The van der Waals surface area contributed by atoms with Crippen LogP contribution >= 0.6 is 0 Å². The molecule has 0 aliphatic carbocycles. The molecule has 2 heterocycles. The second-order valence-electron chi connectivity index (χ2n) is 5.99. The molecule has 0 unspecified atom stereocenters. The van der Waals surface area contributed by atoms with Gasteiger partial charge in [0.1, 0.15) is 18.1 Å². The Hall–Kier alpha value is -3.60. The van der Waals surface area contributed by atoms with Crippen molar-refractivity contribution in [2.45, 2.75) is 13.5 Å². The summed E-state index contributed by atoms with van der Waals surface area (Å²) in [4.78, 5) is 16.9. The van der Waals surface area contributed by atoms with Crippen LogP contribution in [-0.2, 0) is 11.3 Å². The largest absolute Gasteiger partial charge is 0.457 e. The third-order valence-electron chi connectivity index (χ3n) is 4.19. The minimum atomic E-state index is -0.539. The number of ether oxygens (including phenoxy) is 1. The molecule has 0 amide bonds. The van der Waals surface area contributed by atoms with Crippen LogP contribution < -0.4 is 0 Å². The normalized spacial score (nSPS) is 10.7. The first kappa shape index (κ1) is 16.8. The number of hydrogen-bond acceptors (Lipinski definition) is 5. The molecular formula is C22H17NO4. The van der Waals surface area contributed by atoms with E-state index in [4.69, 9.17) is 13.6 Å². The van der Waals surface area contributed by atoms with Crippen molar-refractivity contribution in [1.82, 2.24) is 4.98 Å². The highest BCUT2D eigenvalue weighted by Gasteiger charge is 2.20. The molecule has 4 rings (SSSR count). The molecule has 0 spiro atoms. The average Bonchev–Trinajstić information content (AvgIpc) is 3.34. The van der Waals surface area contributed by atoms with Gasteiger partial charge in [0.2, 0.25) is 11.7 Å². The molecule has 0 saturated heterocycles. The molecular weight excluding hydrogens is 342 g/mol. The zero-order chi connectivity index (χ0) is 18.6. The minimum Gasteiger partial charge on any atom is -0.457 e. The van der Waals surface area contributed by atoms with E-state index in [2.05, 4.69) is 4.98 Å². The number of furan rings is 1. The maximum atomic E-state index is 12.5. The van der Waals surface area contributed by atoms with Crippen molar-refractivity contribution in [2.24, 2.45) is 0 Å².